The van der Waals surface area contributed by atoms with E-state index in [-0.39, 0.29) is 0 Å². The van der Waals surface area contributed by atoms with Gasteiger partial charge in [-0.1, -0.05) is 12.1 Å². The second kappa shape index (κ2) is 7.18. The Morgan fingerprint density at radius 2 is 1.81 bits per heavy atom. The lowest BCUT2D eigenvalue weighted by Crippen LogP contribution is -2.08. The van der Waals surface area contributed by atoms with Crippen LogP contribution in [0.2, 0.25) is 0 Å². The summed E-state index contributed by atoms with van der Waals surface area (Å²) in [6.45, 7) is 2.73. The number of nitrogens with zero attached hydrogens (tertiary/aromatic N) is 6. The molecule has 0 spiro atoms. The zero-order chi connectivity index (χ0) is 17.8. The lowest BCUT2D eigenvalue weighted by molar-refractivity contribution is 0.803. The molecule has 3 aromatic heterocycles. The van der Waals surface area contributed by atoms with E-state index in [9.17, 15) is 0 Å². The molecule has 4 rings (SSSR count). The Hall–Kier alpha value is -3.48. The molecule has 0 unspecified atom stereocenters. The molecule has 0 saturated carbocycles. The second-order valence-corrected chi connectivity index (χ2v) is 5.97. The molecule has 0 amide bonds. The lowest BCUT2D eigenvalue weighted by Gasteiger charge is -2.07. The highest BCUT2D eigenvalue weighted by Crippen LogP contribution is 2.10. The van der Waals surface area contributed by atoms with Crippen LogP contribution in [0, 0.1) is 6.92 Å². The van der Waals surface area contributed by atoms with Gasteiger partial charge < -0.3 is 5.32 Å². The molecule has 0 aliphatic heterocycles. The molecule has 1 aromatic carbocycles. The van der Waals surface area contributed by atoms with Crippen LogP contribution in [-0.2, 0) is 6.42 Å². The van der Waals surface area contributed by atoms with Gasteiger partial charge in [-0.2, -0.15) is 10.2 Å². The monoisotopic (exact) mass is 345 g/mol. The van der Waals surface area contributed by atoms with E-state index in [1.54, 1.807) is 10.9 Å². The van der Waals surface area contributed by atoms with Crippen LogP contribution in [0.1, 0.15) is 11.3 Å². The van der Waals surface area contributed by atoms with Crippen molar-refractivity contribution in [3.63, 3.8) is 0 Å². The van der Waals surface area contributed by atoms with Crippen molar-refractivity contribution in [2.24, 2.45) is 0 Å². The number of rotatable bonds is 6. The summed E-state index contributed by atoms with van der Waals surface area (Å²) in [4.78, 5) is 0. The molecular formula is C19H19N7. The maximum absolute atomic E-state index is 4.33. The van der Waals surface area contributed by atoms with Crippen LogP contribution in [0.4, 0.5) is 5.82 Å². The van der Waals surface area contributed by atoms with Gasteiger partial charge in [0.2, 0.25) is 0 Å². The summed E-state index contributed by atoms with van der Waals surface area (Å²) in [5.74, 6) is 1.46. The fourth-order valence-corrected chi connectivity index (χ4v) is 2.66. The third-order valence-corrected chi connectivity index (χ3v) is 4.03. The zero-order valence-electron chi connectivity index (χ0n) is 14.4. The number of nitrogens with one attached hydrogen (secondary N) is 1. The smallest absolute Gasteiger partial charge is 0.175 e. The number of hydrogen-bond acceptors (Lipinski definition) is 5. The van der Waals surface area contributed by atoms with Crippen molar-refractivity contribution in [3.05, 3.63) is 78.4 Å². The van der Waals surface area contributed by atoms with Crippen molar-refractivity contribution < 1.29 is 0 Å². The molecule has 0 radical (unpaired) electrons. The molecule has 4 aromatic rings. The molecule has 0 fully saturated rings. The van der Waals surface area contributed by atoms with Gasteiger partial charge in [-0.3, -0.25) is 0 Å². The standard InChI is InChI=1S/C19H19N7/c1-15-10-14-26(24-15)19-8-7-18(22-23-19)20-12-9-16-3-5-17(6-4-16)25-13-2-11-21-25/h2-8,10-11,13-14H,9,12H2,1H3,(H,20,22). The molecule has 26 heavy (non-hydrogen) atoms. The predicted molar refractivity (Wildman–Crippen MR) is 99.6 cm³/mol. The molecule has 3 heterocycles. The Kier molecular flexibility index (Phi) is 4.42. The highest BCUT2D eigenvalue weighted by molar-refractivity contribution is 5.37. The van der Waals surface area contributed by atoms with Crippen molar-refractivity contribution in [1.29, 1.82) is 0 Å². The first-order valence-corrected chi connectivity index (χ1v) is 8.47. The highest BCUT2D eigenvalue weighted by Gasteiger charge is 2.02. The minimum atomic E-state index is 0.706. The quantitative estimate of drug-likeness (QED) is 0.582. The highest BCUT2D eigenvalue weighted by atomic mass is 15.3. The average molecular weight is 345 g/mol. The van der Waals surface area contributed by atoms with Gasteiger partial charge in [0.15, 0.2) is 5.82 Å². The van der Waals surface area contributed by atoms with Gasteiger partial charge in [0.1, 0.15) is 5.82 Å². The second-order valence-electron chi connectivity index (χ2n) is 5.97. The first kappa shape index (κ1) is 16.0. The van der Waals surface area contributed by atoms with Crippen molar-refractivity contribution in [2.45, 2.75) is 13.3 Å². The largest absolute Gasteiger partial charge is 0.368 e. The summed E-state index contributed by atoms with van der Waals surface area (Å²) in [6, 6.07) is 16.1. The van der Waals surface area contributed by atoms with Crippen molar-refractivity contribution in [1.82, 2.24) is 29.8 Å². The minimum Gasteiger partial charge on any atom is -0.368 e. The summed E-state index contributed by atoms with van der Waals surface area (Å²) in [6.07, 6.45) is 6.49. The summed E-state index contributed by atoms with van der Waals surface area (Å²) >= 11 is 0. The summed E-state index contributed by atoms with van der Waals surface area (Å²) in [5.41, 5.74) is 3.26. The SMILES string of the molecule is Cc1ccn(-c2ccc(NCCc3ccc(-n4cccn4)cc3)nn2)n1. The number of anilines is 1. The van der Waals surface area contributed by atoms with E-state index < -0.39 is 0 Å². The Labute approximate surface area is 151 Å². The van der Waals surface area contributed by atoms with Gasteiger partial charge in [0, 0.05) is 25.1 Å². The summed E-state index contributed by atoms with van der Waals surface area (Å²) < 4.78 is 3.56. The van der Waals surface area contributed by atoms with Crippen LogP contribution in [0.25, 0.3) is 11.5 Å². The van der Waals surface area contributed by atoms with Crippen LogP contribution in [0.15, 0.2) is 67.1 Å². The first-order chi connectivity index (χ1) is 12.8. The van der Waals surface area contributed by atoms with Crippen molar-refractivity contribution in [2.75, 3.05) is 11.9 Å². The summed E-state index contributed by atoms with van der Waals surface area (Å²) in [7, 11) is 0. The molecule has 7 heteroatoms. The Bertz CT molecular complexity index is 954. The first-order valence-electron chi connectivity index (χ1n) is 8.47. The van der Waals surface area contributed by atoms with Crippen LogP contribution in [-0.4, -0.2) is 36.3 Å². The normalized spacial score (nSPS) is 10.8. The number of benzene rings is 1. The summed E-state index contributed by atoms with van der Waals surface area (Å²) in [5, 5.41) is 20.3. The molecule has 0 aliphatic rings. The van der Waals surface area contributed by atoms with Gasteiger partial charge in [0.25, 0.3) is 0 Å². The van der Waals surface area contributed by atoms with E-state index in [0.717, 1.165) is 30.2 Å². The van der Waals surface area contributed by atoms with E-state index >= 15 is 0 Å². The number of aryl methyl sites for hydroxylation is 1. The number of hydrogen-bond donors (Lipinski definition) is 1. The van der Waals surface area contributed by atoms with Crippen molar-refractivity contribution in [3.8, 4) is 11.5 Å². The molecule has 0 saturated heterocycles. The molecular weight excluding hydrogens is 326 g/mol. The van der Waals surface area contributed by atoms with Gasteiger partial charge in [-0.05, 0) is 55.3 Å². The molecule has 130 valence electrons. The van der Waals surface area contributed by atoms with E-state index in [4.69, 9.17) is 0 Å². The van der Waals surface area contributed by atoms with Gasteiger partial charge in [0.05, 0.1) is 11.4 Å². The van der Waals surface area contributed by atoms with Gasteiger partial charge in [-0.25, -0.2) is 9.36 Å². The lowest BCUT2D eigenvalue weighted by atomic mass is 10.1. The zero-order valence-corrected chi connectivity index (χ0v) is 14.4. The van der Waals surface area contributed by atoms with Crippen LogP contribution >= 0.6 is 0 Å². The van der Waals surface area contributed by atoms with Crippen LogP contribution in [0.5, 0.6) is 0 Å². The fourth-order valence-electron chi connectivity index (χ4n) is 2.66. The van der Waals surface area contributed by atoms with E-state index in [0.29, 0.717) is 5.82 Å². The average Bonchev–Trinajstić information content (AvgIpc) is 3.35. The van der Waals surface area contributed by atoms with Gasteiger partial charge >= 0.3 is 0 Å². The predicted octanol–water partition coefficient (Wildman–Crippen LogP) is 2.81. The fraction of sp³-hybridized carbons (Fsp3) is 0.158. The van der Waals surface area contributed by atoms with E-state index in [1.165, 1.54) is 5.56 Å². The van der Waals surface area contributed by atoms with E-state index in [2.05, 4.69) is 50.0 Å². The Balaban J connectivity index is 1.31. The molecule has 0 atom stereocenters. The maximum atomic E-state index is 4.33. The van der Waals surface area contributed by atoms with Gasteiger partial charge in [-0.15, -0.1) is 10.2 Å². The molecule has 1 N–H and O–H groups in total. The minimum absolute atomic E-state index is 0.706. The topological polar surface area (TPSA) is 73.5 Å². The third kappa shape index (κ3) is 3.61. The Morgan fingerprint density at radius 1 is 0.923 bits per heavy atom. The Morgan fingerprint density at radius 3 is 2.46 bits per heavy atom. The molecule has 0 bridgehead atoms. The number of aromatic nitrogens is 6. The maximum Gasteiger partial charge on any atom is 0.175 e. The third-order valence-electron chi connectivity index (χ3n) is 4.03. The van der Waals surface area contributed by atoms with Crippen LogP contribution in [0.3, 0.4) is 0 Å². The molecule has 7 nitrogen and oxygen atoms in total. The molecule has 0 aliphatic carbocycles. The van der Waals surface area contributed by atoms with E-state index in [1.807, 2.05) is 48.3 Å². The van der Waals surface area contributed by atoms with Crippen molar-refractivity contribution >= 4 is 5.82 Å². The van der Waals surface area contributed by atoms with Crippen LogP contribution < -0.4 is 5.32 Å².